The molecule has 0 atom stereocenters. The van der Waals surface area contributed by atoms with E-state index in [9.17, 15) is 12.8 Å². The van der Waals surface area contributed by atoms with E-state index in [1.54, 1.807) is 12.1 Å². The highest BCUT2D eigenvalue weighted by atomic mass is 35.5. The zero-order chi connectivity index (χ0) is 15.8. The molecule has 0 radical (unpaired) electrons. The first kappa shape index (κ1) is 15.9. The number of benzene rings is 2. The van der Waals surface area contributed by atoms with Crippen LogP contribution in [-0.2, 0) is 10.0 Å². The highest BCUT2D eigenvalue weighted by molar-refractivity contribution is 7.92. The van der Waals surface area contributed by atoms with E-state index in [1.807, 2.05) is 6.92 Å². The molecule has 8 heteroatoms. The number of halogens is 3. The summed E-state index contributed by atoms with van der Waals surface area (Å²) in [4.78, 5) is -0.411. The third-order valence-electron chi connectivity index (χ3n) is 2.74. The highest BCUT2D eigenvalue weighted by Gasteiger charge is 2.22. The van der Waals surface area contributed by atoms with Crippen LogP contribution >= 0.6 is 23.2 Å². The lowest BCUT2D eigenvalue weighted by Crippen LogP contribution is -2.15. The topological polar surface area (TPSA) is 72.2 Å². The zero-order valence-corrected chi connectivity index (χ0v) is 13.2. The molecule has 21 heavy (non-hydrogen) atoms. The minimum atomic E-state index is -4.08. The van der Waals surface area contributed by atoms with Gasteiger partial charge >= 0.3 is 0 Å². The molecule has 0 spiro atoms. The molecule has 0 amide bonds. The number of nitrogens with two attached hydrogens (primary N) is 1. The number of sulfonamides is 1. The van der Waals surface area contributed by atoms with Crippen molar-refractivity contribution in [2.45, 2.75) is 11.8 Å². The normalized spacial score (nSPS) is 11.4. The molecule has 0 heterocycles. The molecular formula is C13H11Cl2FN2O2S. The Kier molecular flexibility index (Phi) is 4.32. The monoisotopic (exact) mass is 348 g/mol. The number of anilines is 2. The molecule has 2 aromatic carbocycles. The molecule has 4 nitrogen and oxygen atoms in total. The van der Waals surface area contributed by atoms with Crippen molar-refractivity contribution in [3.8, 4) is 0 Å². The molecule has 0 aliphatic rings. The van der Waals surface area contributed by atoms with Gasteiger partial charge in [-0.25, -0.2) is 12.8 Å². The van der Waals surface area contributed by atoms with Crippen LogP contribution in [0, 0.1) is 12.7 Å². The molecule has 0 aliphatic carbocycles. The number of hydrogen-bond acceptors (Lipinski definition) is 3. The van der Waals surface area contributed by atoms with Crippen LogP contribution < -0.4 is 10.5 Å². The minimum Gasteiger partial charge on any atom is -0.397 e. The maximum atomic E-state index is 13.6. The summed E-state index contributed by atoms with van der Waals surface area (Å²) in [5.74, 6) is -0.988. The molecule has 0 aromatic heterocycles. The Morgan fingerprint density at radius 3 is 2.48 bits per heavy atom. The molecule has 112 valence electrons. The Morgan fingerprint density at radius 1 is 1.19 bits per heavy atom. The van der Waals surface area contributed by atoms with Crippen LogP contribution in [0.15, 0.2) is 35.2 Å². The lowest BCUT2D eigenvalue weighted by molar-refractivity contribution is 0.595. The zero-order valence-electron chi connectivity index (χ0n) is 10.8. The summed E-state index contributed by atoms with van der Waals surface area (Å²) in [5, 5.41) is -0.825. The quantitative estimate of drug-likeness (QED) is 0.654. The average molecular weight is 349 g/mol. The van der Waals surface area contributed by atoms with Crippen LogP contribution in [0.25, 0.3) is 0 Å². The second-order valence-electron chi connectivity index (χ2n) is 4.37. The van der Waals surface area contributed by atoms with E-state index in [1.165, 1.54) is 6.07 Å². The second-order valence-corrected chi connectivity index (χ2v) is 6.81. The maximum Gasteiger partial charge on any atom is 0.263 e. The Morgan fingerprint density at radius 2 is 1.86 bits per heavy atom. The van der Waals surface area contributed by atoms with Gasteiger partial charge in [-0.1, -0.05) is 29.3 Å². The maximum absolute atomic E-state index is 13.6. The summed E-state index contributed by atoms with van der Waals surface area (Å²) >= 11 is 11.2. The number of aryl methyl sites for hydroxylation is 1. The summed E-state index contributed by atoms with van der Waals surface area (Å²) in [5.41, 5.74) is 7.07. The molecule has 0 fully saturated rings. The van der Waals surface area contributed by atoms with Crippen LogP contribution in [0.5, 0.6) is 0 Å². The van der Waals surface area contributed by atoms with Crippen molar-refractivity contribution < 1.29 is 12.8 Å². The summed E-state index contributed by atoms with van der Waals surface area (Å²) in [6, 6.07) is 7.07. The molecule has 0 unspecified atom stereocenters. The first-order valence-corrected chi connectivity index (χ1v) is 7.99. The predicted molar refractivity (Wildman–Crippen MR) is 82.8 cm³/mol. The van der Waals surface area contributed by atoms with E-state index in [-0.39, 0.29) is 16.4 Å². The summed E-state index contributed by atoms with van der Waals surface area (Å²) in [6.07, 6.45) is 0. The molecule has 0 aliphatic heterocycles. The Bertz CT molecular complexity index is 810. The number of rotatable bonds is 3. The SMILES string of the molecule is Cc1ccc(NS(=O)(=O)c2ccc(Cl)c(F)c2Cl)c(N)c1. The molecule has 0 saturated carbocycles. The lowest BCUT2D eigenvalue weighted by Gasteiger charge is -2.12. The van der Waals surface area contributed by atoms with Crippen LogP contribution in [-0.4, -0.2) is 8.42 Å². The minimum absolute atomic E-state index is 0.187. The van der Waals surface area contributed by atoms with Crippen molar-refractivity contribution >= 4 is 44.6 Å². The summed E-state index contributed by atoms with van der Waals surface area (Å²) in [6.45, 7) is 1.82. The van der Waals surface area contributed by atoms with Gasteiger partial charge in [-0.15, -0.1) is 0 Å². The van der Waals surface area contributed by atoms with Gasteiger partial charge in [0.2, 0.25) is 0 Å². The van der Waals surface area contributed by atoms with E-state index in [2.05, 4.69) is 4.72 Å². The van der Waals surface area contributed by atoms with E-state index in [0.717, 1.165) is 17.7 Å². The number of hydrogen-bond donors (Lipinski definition) is 2. The van der Waals surface area contributed by atoms with Crippen molar-refractivity contribution in [2.75, 3.05) is 10.5 Å². The van der Waals surface area contributed by atoms with Crippen LogP contribution in [0.3, 0.4) is 0 Å². The van der Waals surface area contributed by atoms with Crippen molar-refractivity contribution in [2.24, 2.45) is 0 Å². The molecule has 2 rings (SSSR count). The summed E-state index contributed by atoms with van der Waals surface area (Å²) < 4.78 is 40.4. The first-order valence-electron chi connectivity index (χ1n) is 5.75. The lowest BCUT2D eigenvalue weighted by atomic mass is 10.2. The van der Waals surface area contributed by atoms with Gasteiger partial charge in [0.05, 0.1) is 21.4 Å². The van der Waals surface area contributed by atoms with Crippen LogP contribution in [0.2, 0.25) is 10.0 Å². The molecule has 2 aromatic rings. The van der Waals surface area contributed by atoms with E-state index < -0.39 is 25.8 Å². The van der Waals surface area contributed by atoms with E-state index >= 15 is 0 Å². The average Bonchev–Trinajstić information content (AvgIpc) is 2.39. The Labute approximate surface area is 131 Å². The van der Waals surface area contributed by atoms with Gasteiger partial charge in [-0.2, -0.15) is 0 Å². The fraction of sp³-hybridized carbons (Fsp3) is 0.0769. The largest absolute Gasteiger partial charge is 0.397 e. The third kappa shape index (κ3) is 3.23. The van der Waals surface area contributed by atoms with Gasteiger partial charge in [0.1, 0.15) is 4.90 Å². The summed E-state index contributed by atoms with van der Waals surface area (Å²) in [7, 11) is -4.08. The van der Waals surface area contributed by atoms with Gasteiger partial charge in [-0.05, 0) is 36.8 Å². The van der Waals surface area contributed by atoms with Gasteiger partial charge < -0.3 is 5.73 Å². The second kappa shape index (κ2) is 5.71. The standard InChI is InChI=1S/C13H11Cl2FN2O2S/c1-7-2-4-10(9(17)6-7)18-21(19,20)11-5-3-8(14)13(16)12(11)15/h2-6,18H,17H2,1H3. The third-order valence-corrected chi connectivity index (χ3v) is 4.92. The van der Waals surface area contributed by atoms with E-state index in [0.29, 0.717) is 0 Å². The van der Waals surface area contributed by atoms with Crippen LogP contribution in [0.4, 0.5) is 15.8 Å². The smallest absolute Gasteiger partial charge is 0.263 e. The van der Waals surface area contributed by atoms with Crippen molar-refractivity contribution in [1.82, 2.24) is 0 Å². The molecule has 0 bridgehead atoms. The molecular weight excluding hydrogens is 338 g/mol. The fourth-order valence-electron chi connectivity index (χ4n) is 1.69. The first-order chi connectivity index (χ1) is 9.72. The van der Waals surface area contributed by atoms with E-state index in [4.69, 9.17) is 28.9 Å². The molecule has 0 saturated heterocycles. The Hall–Kier alpha value is -1.50. The van der Waals surface area contributed by atoms with Gasteiger partial charge in [-0.3, -0.25) is 4.72 Å². The van der Waals surface area contributed by atoms with Crippen molar-refractivity contribution in [3.63, 3.8) is 0 Å². The van der Waals surface area contributed by atoms with Gasteiger partial charge in [0, 0.05) is 0 Å². The van der Waals surface area contributed by atoms with Gasteiger partial charge in [0.15, 0.2) is 5.82 Å². The van der Waals surface area contributed by atoms with Crippen LogP contribution in [0.1, 0.15) is 5.56 Å². The van der Waals surface area contributed by atoms with Crippen molar-refractivity contribution in [1.29, 1.82) is 0 Å². The predicted octanol–water partition coefficient (Wildman–Crippen LogP) is 3.82. The number of nitrogen functional groups attached to an aromatic ring is 1. The number of nitrogens with one attached hydrogen (secondary N) is 1. The highest BCUT2D eigenvalue weighted by Crippen LogP contribution is 2.31. The van der Waals surface area contributed by atoms with Crippen molar-refractivity contribution in [3.05, 3.63) is 51.8 Å². The van der Waals surface area contributed by atoms with Gasteiger partial charge in [0.25, 0.3) is 10.0 Å². The Balaban J connectivity index is 2.46. The fourth-order valence-corrected chi connectivity index (χ4v) is 3.52. The molecule has 3 N–H and O–H groups in total.